The van der Waals surface area contributed by atoms with Crippen LogP contribution in [0.25, 0.3) is 0 Å². The van der Waals surface area contributed by atoms with Crippen molar-refractivity contribution >= 4 is 15.9 Å². The quantitative estimate of drug-likeness (QED) is 0.675. The molecule has 0 saturated carbocycles. The summed E-state index contributed by atoms with van der Waals surface area (Å²) in [5.74, 6) is -0.492. The first-order valence-electron chi connectivity index (χ1n) is 4.54. The summed E-state index contributed by atoms with van der Waals surface area (Å²) >= 11 is 0. The zero-order chi connectivity index (χ0) is 11.4. The first kappa shape index (κ1) is 13.4. The monoisotopic (exact) mass is 222 g/mol. The maximum atomic E-state index is 11.2. The van der Waals surface area contributed by atoms with Crippen molar-refractivity contribution in [3.8, 4) is 0 Å². The lowest BCUT2D eigenvalue weighted by Gasteiger charge is -2.11. The number of rotatable bonds is 5. The molecule has 1 amide bonds. The SMILES string of the molecule is CC(CN)CC(=O)NS(=O)(=O)C(C)C. The van der Waals surface area contributed by atoms with Crippen molar-refractivity contribution < 1.29 is 13.2 Å². The fourth-order valence-corrected chi connectivity index (χ4v) is 1.35. The second kappa shape index (κ2) is 5.31. The Hall–Kier alpha value is -0.620. The zero-order valence-electron chi connectivity index (χ0n) is 8.78. The summed E-state index contributed by atoms with van der Waals surface area (Å²) in [6, 6.07) is 0. The zero-order valence-corrected chi connectivity index (χ0v) is 9.60. The van der Waals surface area contributed by atoms with Gasteiger partial charge in [0.05, 0.1) is 5.25 Å². The molecule has 1 atom stereocenters. The predicted octanol–water partition coefficient (Wildman–Crippen LogP) is -0.174. The van der Waals surface area contributed by atoms with Crippen LogP contribution >= 0.6 is 0 Å². The minimum Gasteiger partial charge on any atom is -0.330 e. The molecule has 84 valence electrons. The molecule has 0 aromatic heterocycles. The van der Waals surface area contributed by atoms with E-state index < -0.39 is 21.2 Å². The molecule has 0 radical (unpaired) electrons. The molecule has 0 aromatic rings. The van der Waals surface area contributed by atoms with Gasteiger partial charge in [-0.25, -0.2) is 8.42 Å². The lowest BCUT2D eigenvalue weighted by molar-refractivity contribution is -0.120. The first-order valence-corrected chi connectivity index (χ1v) is 6.08. The van der Waals surface area contributed by atoms with Gasteiger partial charge in [-0.2, -0.15) is 0 Å². The van der Waals surface area contributed by atoms with Crippen LogP contribution in [0, 0.1) is 5.92 Å². The first-order chi connectivity index (χ1) is 6.29. The van der Waals surface area contributed by atoms with E-state index in [9.17, 15) is 13.2 Å². The highest BCUT2D eigenvalue weighted by molar-refractivity contribution is 7.90. The lowest BCUT2D eigenvalue weighted by atomic mass is 10.1. The Labute approximate surface area is 85.1 Å². The largest absolute Gasteiger partial charge is 0.330 e. The van der Waals surface area contributed by atoms with E-state index in [-0.39, 0.29) is 12.3 Å². The molecule has 0 aromatic carbocycles. The highest BCUT2D eigenvalue weighted by atomic mass is 32.2. The van der Waals surface area contributed by atoms with Gasteiger partial charge in [0.1, 0.15) is 0 Å². The van der Waals surface area contributed by atoms with Crippen LogP contribution in [0.15, 0.2) is 0 Å². The number of amides is 1. The Kier molecular flexibility index (Phi) is 5.07. The maximum Gasteiger partial charge on any atom is 0.237 e. The van der Waals surface area contributed by atoms with E-state index in [2.05, 4.69) is 0 Å². The third kappa shape index (κ3) is 4.57. The molecule has 0 heterocycles. The summed E-state index contributed by atoms with van der Waals surface area (Å²) in [5.41, 5.74) is 5.31. The van der Waals surface area contributed by atoms with Gasteiger partial charge in [0.25, 0.3) is 0 Å². The Morgan fingerprint density at radius 1 is 1.36 bits per heavy atom. The normalized spacial score (nSPS) is 14.1. The molecular weight excluding hydrogens is 204 g/mol. The number of nitrogens with two attached hydrogens (primary N) is 1. The molecule has 6 heteroatoms. The van der Waals surface area contributed by atoms with Crippen molar-refractivity contribution in [1.29, 1.82) is 0 Å². The second-order valence-electron chi connectivity index (χ2n) is 3.66. The number of nitrogens with one attached hydrogen (secondary N) is 1. The summed E-state index contributed by atoms with van der Waals surface area (Å²) in [7, 11) is -3.49. The summed E-state index contributed by atoms with van der Waals surface area (Å²) in [6.45, 7) is 5.20. The van der Waals surface area contributed by atoms with Crippen LogP contribution < -0.4 is 10.5 Å². The molecule has 5 nitrogen and oxygen atoms in total. The molecule has 0 aliphatic carbocycles. The van der Waals surface area contributed by atoms with Crippen molar-refractivity contribution in [2.45, 2.75) is 32.4 Å². The Bertz CT molecular complexity index is 285. The average Bonchev–Trinajstić information content (AvgIpc) is 2.02. The van der Waals surface area contributed by atoms with Crippen molar-refractivity contribution in [1.82, 2.24) is 4.72 Å². The summed E-state index contributed by atoms with van der Waals surface area (Å²) in [5, 5.41) is -0.598. The van der Waals surface area contributed by atoms with Crippen molar-refractivity contribution in [3.63, 3.8) is 0 Å². The summed E-state index contributed by atoms with van der Waals surface area (Å²) in [6.07, 6.45) is 0.141. The smallest absolute Gasteiger partial charge is 0.237 e. The molecule has 0 rings (SSSR count). The molecule has 3 N–H and O–H groups in total. The molecule has 0 saturated heterocycles. The summed E-state index contributed by atoms with van der Waals surface area (Å²) in [4.78, 5) is 11.2. The Balaban J connectivity index is 4.21. The van der Waals surface area contributed by atoms with Crippen LogP contribution in [0.2, 0.25) is 0 Å². The molecule has 1 unspecified atom stereocenters. The van der Waals surface area contributed by atoms with Crippen LogP contribution in [0.1, 0.15) is 27.2 Å². The van der Waals surface area contributed by atoms with E-state index in [1.807, 2.05) is 4.72 Å². The van der Waals surface area contributed by atoms with Crippen LogP contribution in [0.3, 0.4) is 0 Å². The van der Waals surface area contributed by atoms with E-state index >= 15 is 0 Å². The number of carbonyl (C=O) groups excluding carboxylic acids is 1. The van der Waals surface area contributed by atoms with Gasteiger partial charge in [0, 0.05) is 6.42 Å². The van der Waals surface area contributed by atoms with E-state index in [4.69, 9.17) is 5.73 Å². The van der Waals surface area contributed by atoms with E-state index in [1.54, 1.807) is 6.92 Å². The number of sulfonamides is 1. The summed E-state index contributed by atoms with van der Waals surface area (Å²) < 4.78 is 24.5. The lowest BCUT2D eigenvalue weighted by Crippen LogP contribution is -2.37. The van der Waals surface area contributed by atoms with Gasteiger partial charge < -0.3 is 5.73 Å². The average molecular weight is 222 g/mol. The molecule has 0 spiro atoms. The topological polar surface area (TPSA) is 89.3 Å². The van der Waals surface area contributed by atoms with E-state index in [0.717, 1.165) is 0 Å². The standard InChI is InChI=1S/C8H18N2O3S/c1-6(2)14(12,13)10-8(11)4-7(3)5-9/h6-7H,4-5,9H2,1-3H3,(H,10,11). The molecular formula is C8H18N2O3S. The van der Waals surface area contributed by atoms with E-state index in [0.29, 0.717) is 6.54 Å². The number of hydrogen-bond acceptors (Lipinski definition) is 4. The predicted molar refractivity (Wildman–Crippen MR) is 55.0 cm³/mol. The minimum absolute atomic E-state index is 0.00244. The third-order valence-electron chi connectivity index (χ3n) is 1.81. The second-order valence-corrected chi connectivity index (χ2v) is 5.90. The van der Waals surface area contributed by atoms with Gasteiger partial charge in [0.2, 0.25) is 15.9 Å². The molecule has 0 fully saturated rings. The van der Waals surface area contributed by atoms with Crippen LogP contribution in [0.5, 0.6) is 0 Å². The van der Waals surface area contributed by atoms with Gasteiger partial charge in [0.15, 0.2) is 0 Å². The molecule has 0 bridgehead atoms. The van der Waals surface area contributed by atoms with Gasteiger partial charge in [-0.15, -0.1) is 0 Å². The molecule has 0 aliphatic rings. The van der Waals surface area contributed by atoms with Gasteiger partial charge in [-0.05, 0) is 26.3 Å². The van der Waals surface area contributed by atoms with Crippen molar-refractivity contribution in [2.75, 3.05) is 6.54 Å². The third-order valence-corrected chi connectivity index (χ3v) is 3.57. The highest BCUT2D eigenvalue weighted by Crippen LogP contribution is 2.01. The fourth-order valence-electron chi connectivity index (χ4n) is 0.718. The highest BCUT2D eigenvalue weighted by Gasteiger charge is 2.19. The fraction of sp³-hybridized carbons (Fsp3) is 0.875. The minimum atomic E-state index is -3.49. The number of hydrogen-bond donors (Lipinski definition) is 2. The van der Waals surface area contributed by atoms with Crippen molar-refractivity contribution in [3.05, 3.63) is 0 Å². The number of carbonyl (C=O) groups is 1. The van der Waals surface area contributed by atoms with Gasteiger partial charge >= 0.3 is 0 Å². The Morgan fingerprint density at radius 2 is 1.86 bits per heavy atom. The van der Waals surface area contributed by atoms with Gasteiger partial charge in [-0.1, -0.05) is 6.92 Å². The molecule has 0 aliphatic heterocycles. The van der Waals surface area contributed by atoms with E-state index in [1.165, 1.54) is 13.8 Å². The maximum absolute atomic E-state index is 11.2. The van der Waals surface area contributed by atoms with Gasteiger partial charge in [-0.3, -0.25) is 9.52 Å². The van der Waals surface area contributed by atoms with Crippen LogP contribution in [-0.4, -0.2) is 26.1 Å². The molecule has 14 heavy (non-hydrogen) atoms. The van der Waals surface area contributed by atoms with Crippen LogP contribution in [0.4, 0.5) is 0 Å². The Morgan fingerprint density at radius 3 is 2.21 bits per heavy atom. The van der Waals surface area contributed by atoms with Crippen LogP contribution in [-0.2, 0) is 14.8 Å². The van der Waals surface area contributed by atoms with Crippen molar-refractivity contribution in [2.24, 2.45) is 11.7 Å².